The van der Waals surface area contributed by atoms with Gasteiger partial charge in [0.05, 0.1) is 35.8 Å². The van der Waals surface area contributed by atoms with Crippen LogP contribution in [0.2, 0.25) is 0 Å². The van der Waals surface area contributed by atoms with Crippen molar-refractivity contribution in [2.75, 3.05) is 26.9 Å². The SMILES string of the molecule is CCCC(=O)N(CCOC)C(CC)c1nc2ccccc2c(=O)n1-c1ccc(OCC)cc1. The minimum atomic E-state index is -0.372. The minimum Gasteiger partial charge on any atom is -0.494 e. The third kappa shape index (κ3) is 5.42. The summed E-state index contributed by atoms with van der Waals surface area (Å²) < 4.78 is 12.5. The minimum absolute atomic E-state index is 0.0297. The molecule has 0 saturated heterocycles. The molecule has 0 spiro atoms. The van der Waals surface area contributed by atoms with Gasteiger partial charge < -0.3 is 14.4 Å². The van der Waals surface area contributed by atoms with Crippen molar-refractivity contribution in [2.24, 2.45) is 0 Å². The molecule has 33 heavy (non-hydrogen) atoms. The van der Waals surface area contributed by atoms with Crippen LogP contribution in [0.15, 0.2) is 53.3 Å². The van der Waals surface area contributed by atoms with Crippen LogP contribution in [0.1, 0.15) is 51.9 Å². The van der Waals surface area contributed by atoms with Crippen molar-refractivity contribution in [3.05, 3.63) is 64.7 Å². The van der Waals surface area contributed by atoms with Gasteiger partial charge in [-0.15, -0.1) is 0 Å². The summed E-state index contributed by atoms with van der Waals surface area (Å²) in [6.45, 7) is 7.32. The summed E-state index contributed by atoms with van der Waals surface area (Å²) in [5, 5.41) is 0.535. The number of para-hydroxylation sites is 1. The van der Waals surface area contributed by atoms with Gasteiger partial charge in [-0.05, 0) is 56.2 Å². The van der Waals surface area contributed by atoms with E-state index in [1.165, 1.54) is 0 Å². The van der Waals surface area contributed by atoms with Gasteiger partial charge in [0, 0.05) is 20.1 Å². The van der Waals surface area contributed by atoms with Crippen LogP contribution in [-0.2, 0) is 9.53 Å². The molecule has 1 amide bonds. The summed E-state index contributed by atoms with van der Waals surface area (Å²) in [5.41, 5.74) is 1.14. The quantitative estimate of drug-likeness (QED) is 0.429. The third-order valence-electron chi connectivity index (χ3n) is 5.59. The van der Waals surface area contributed by atoms with Gasteiger partial charge in [0.15, 0.2) is 0 Å². The Bertz CT molecular complexity index is 1120. The van der Waals surface area contributed by atoms with E-state index in [1.54, 1.807) is 22.6 Å². The van der Waals surface area contributed by atoms with Crippen molar-refractivity contribution in [2.45, 2.75) is 46.1 Å². The average molecular weight is 452 g/mol. The summed E-state index contributed by atoms with van der Waals surface area (Å²) in [7, 11) is 1.62. The highest BCUT2D eigenvalue weighted by molar-refractivity contribution is 5.79. The van der Waals surface area contributed by atoms with E-state index in [9.17, 15) is 9.59 Å². The predicted octanol–water partition coefficient (Wildman–Crippen LogP) is 4.51. The van der Waals surface area contributed by atoms with Crippen LogP contribution in [0.25, 0.3) is 16.6 Å². The maximum absolute atomic E-state index is 13.7. The summed E-state index contributed by atoms with van der Waals surface area (Å²) in [6.07, 6.45) is 1.79. The molecule has 1 atom stereocenters. The Balaban J connectivity index is 2.23. The van der Waals surface area contributed by atoms with Crippen LogP contribution in [-0.4, -0.2) is 47.2 Å². The summed E-state index contributed by atoms with van der Waals surface area (Å²) in [4.78, 5) is 33.5. The molecule has 0 N–H and O–H groups in total. The van der Waals surface area contributed by atoms with E-state index in [4.69, 9.17) is 14.5 Å². The molecule has 7 nitrogen and oxygen atoms in total. The highest BCUT2D eigenvalue weighted by atomic mass is 16.5. The number of benzene rings is 2. The normalized spacial score (nSPS) is 12.0. The smallest absolute Gasteiger partial charge is 0.266 e. The Morgan fingerprint density at radius 3 is 2.45 bits per heavy atom. The fraction of sp³-hybridized carbons (Fsp3) is 0.423. The van der Waals surface area contributed by atoms with Crippen molar-refractivity contribution in [3.63, 3.8) is 0 Å². The molecule has 0 saturated carbocycles. The number of carbonyl (C=O) groups is 1. The molecule has 7 heteroatoms. The molecular weight excluding hydrogens is 418 g/mol. The van der Waals surface area contributed by atoms with E-state index in [0.717, 1.165) is 12.2 Å². The number of rotatable bonds is 11. The van der Waals surface area contributed by atoms with Crippen LogP contribution >= 0.6 is 0 Å². The van der Waals surface area contributed by atoms with Gasteiger partial charge in [-0.2, -0.15) is 0 Å². The lowest BCUT2D eigenvalue weighted by molar-refractivity contribution is -0.134. The van der Waals surface area contributed by atoms with Crippen LogP contribution in [0, 0.1) is 0 Å². The number of hydrogen-bond donors (Lipinski definition) is 0. The van der Waals surface area contributed by atoms with Gasteiger partial charge in [-0.25, -0.2) is 4.98 Å². The van der Waals surface area contributed by atoms with Crippen molar-refractivity contribution in [1.29, 1.82) is 0 Å². The van der Waals surface area contributed by atoms with E-state index in [-0.39, 0.29) is 17.5 Å². The third-order valence-corrected chi connectivity index (χ3v) is 5.59. The maximum atomic E-state index is 13.7. The number of amides is 1. The molecule has 1 unspecified atom stereocenters. The van der Waals surface area contributed by atoms with Crippen LogP contribution in [0.5, 0.6) is 5.75 Å². The van der Waals surface area contributed by atoms with Crippen molar-refractivity contribution in [3.8, 4) is 11.4 Å². The van der Waals surface area contributed by atoms with E-state index < -0.39 is 0 Å². The number of methoxy groups -OCH3 is 1. The van der Waals surface area contributed by atoms with E-state index >= 15 is 0 Å². The molecule has 0 aliphatic rings. The van der Waals surface area contributed by atoms with Crippen molar-refractivity contribution < 1.29 is 14.3 Å². The van der Waals surface area contributed by atoms with Gasteiger partial charge in [0.2, 0.25) is 5.91 Å². The Morgan fingerprint density at radius 1 is 1.09 bits per heavy atom. The average Bonchev–Trinajstić information content (AvgIpc) is 2.83. The maximum Gasteiger partial charge on any atom is 0.266 e. The second-order valence-corrected chi connectivity index (χ2v) is 7.81. The highest BCUT2D eigenvalue weighted by Gasteiger charge is 2.28. The first kappa shape index (κ1) is 24.5. The van der Waals surface area contributed by atoms with Crippen LogP contribution in [0.4, 0.5) is 0 Å². The fourth-order valence-corrected chi connectivity index (χ4v) is 4.02. The van der Waals surface area contributed by atoms with Gasteiger partial charge in [0.25, 0.3) is 5.56 Å². The Labute approximate surface area is 195 Å². The number of fused-ring (bicyclic) bond motifs is 1. The fourth-order valence-electron chi connectivity index (χ4n) is 4.02. The summed E-state index contributed by atoms with van der Waals surface area (Å²) in [5.74, 6) is 1.31. The monoisotopic (exact) mass is 451 g/mol. The van der Waals surface area contributed by atoms with Crippen molar-refractivity contribution in [1.82, 2.24) is 14.5 Å². The second-order valence-electron chi connectivity index (χ2n) is 7.81. The lowest BCUT2D eigenvalue weighted by Gasteiger charge is -2.32. The lowest BCUT2D eigenvalue weighted by Crippen LogP contribution is -2.40. The molecule has 0 radical (unpaired) electrons. The molecule has 2 aromatic carbocycles. The van der Waals surface area contributed by atoms with E-state index in [2.05, 4.69) is 0 Å². The first-order chi connectivity index (χ1) is 16.0. The number of nitrogens with zero attached hydrogens (tertiary/aromatic N) is 3. The van der Waals surface area contributed by atoms with E-state index in [1.807, 2.05) is 63.2 Å². The van der Waals surface area contributed by atoms with Crippen LogP contribution < -0.4 is 10.3 Å². The zero-order chi connectivity index (χ0) is 23.8. The number of ether oxygens (including phenoxy) is 2. The molecule has 1 heterocycles. The second kappa shape index (κ2) is 11.6. The highest BCUT2D eigenvalue weighted by Crippen LogP contribution is 2.27. The Kier molecular flexibility index (Phi) is 8.60. The first-order valence-corrected chi connectivity index (χ1v) is 11.6. The zero-order valence-electron chi connectivity index (χ0n) is 19.9. The Hall–Kier alpha value is -3.19. The largest absolute Gasteiger partial charge is 0.494 e. The predicted molar refractivity (Wildman–Crippen MR) is 130 cm³/mol. The van der Waals surface area contributed by atoms with Crippen LogP contribution in [0.3, 0.4) is 0 Å². The zero-order valence-corrected chi connectivity index (χ0v) is 19.9. The Morgan fingerprint density at radius 2 is 1.82 bits per heavy atom. The van der Waals surface area contributed by atoms with Crippen molar-refractivity contribution >= 4 is 16.8 Å². The molecule has 0 fully saturated rings. The molecule has 1 aromatic heterocycles. The molecule has 0 bridgehead atoms. The molecule has 0 aliphatic heterocycles. The van der Waals surface area contributed by atoms with E-state index in [0.29, 0.717) is 55.0 Å². The van der Waals surface area contributed by atoms with Gasteiger partial charge in [-0.1, -0.05) is 26.0 Å². The van der Waals surface area contributed by atoms with Gasteiger partial charge in [0.1, 0.15) is 11.6 Å². The molecule has 0 aliphatic carbocycles. The number of aromatic nitrogens is 2. The lowest BCUT2D eigenvalue weighted by atomic mass is 10.1. The first-order valence-electron chi connectivity index (χ1n) is 11.6. The van der Waals surface area contributed by atoms with Gasteiger partial charge in [-0.3, -0.25) is 14.2 Å². The standard InChI is InChI=1S/C26H33N3O4/c1-5-10-24(30)28(17-18-32-4)23(6-2)25-27-22-12-9-8-11-21(22)26(31)29(25)19-13-15-20(16-14-19)33-7-3/h8-9,11-16,23H,5-7,10,17-18H2,1-4H3. The number of hydrogen-bond acceptors (Lipinski definition) is 5. The number of carbonyl (C=O) groups excluding carboxylic acids is 1. The topological polar surface area (TPSA) is 73.7 Å². The summed E-state index contributed by atoms with van der Waals surface area (Å²) in [6, 6.07) is 14.3. The molecule has 3 rings (SSSR count). The molecule has 3 aromatic rings. The van der Waals surface area contributed by atoms with Gasteiger partial charge >= 0.3 is 0 Å². The molecular formula is C26H33N3O4. The molecule has 176 valence electrons. The summed E-state index contributed by atoms with van der Waals surface area (Å²) >= 11 is 0.